The van der Waals surface area contributed by atoms with Crippen molar-refractivity contribution in [2.45, 2.75) is 19.3 Å². The molecular formula is C25H25ClN6. The predicted octanol–water partition coefficient (Wildman–Crippen LogP) is 4.78. The number of nitrogens with one attached hydrogen (secondary N) is 1. The van der Waals surface area contributed by atoms with Gasteiger partial charge >= 0.3 is 0 Å². The molecule has 0 amide bonds. The van der Waals surface area contributed by atoms with Gasteiger partial charge in [-0.25, -0.2) is 9.97 Å². The first-order chi connectivity index (χ1) is 15.7. The van der Waals surface area contributed by atoms with E-state index in [4.69, 9.17) is 21.8 Å². The number of H-pyrrole nitrogens is 1. The van der Waals surface area contributed by atoms with Gasteiger partial charge < -0.3 is 9.88 Å². The Bertz CT molecular complexity index is 1280. The molecule has 3 heterocycles. The minimum absolute atomic E-state index is 0.670. The van der Waals surface area contributed by atoms with Crippen molar-refractivity contribution in [1.29, 1.82) is 5.26 Å². The average molecular weight is 445 g/mol. The first kappa shape index (κ1) is 20.7. The lowest BCUT2D eigenvalue weighted by molar-refractivity contribution is 0.252. The van der Waals surface area contributed by atoms with Crippen LogP contribution >= 0.6 is 11.6 Å². The molecule has 1 N–H and O–H groups in total. The molecule has 4 aromatic rings. The average Bonchev–Trinajstić information content (AvgIpc) is 3.24. The molecule has 0 saturated carbocycles. The summed E-state index contributed by atoms with van der Waals surface area (Å²) in [6, 6.07) is 13.9. The van der Waals surface area contributed by atoms with E-state index in [9.17, 15) is 0 Å². The Morgan fingerprint density at radius 1 is 1.09 bits per heavy atom. The normalized spacial score (nSPS) is 14.8. The van der Waals surface area contributed by atoms with Crippen LogP contribution in [0.15, 0.2) is 48.8 Å². The van der Waals surface area contributed by atoms with Crippen LogP contribution in [0.2, 0.25) is 5.02 Å². The smallest absolute Gasteiger partial charge is 0.226 e. The summed E-state index contributed by atoms with van der Waals surface area (Å²) in [5, 5.41) is 12.0. The molecule has 1 aliphatic rings. The van der Waals surface area contributed by atoms with E-state index in [0.717, 1.165) is 74.4 Å². The maximum absolute atomic E-state index is 9.15. The van der Waals surface area contributed by atoms with Gasteiger partial charge in [0.2, 0.25) is 5.95 Å². The van der Waals surface area contributed by atoms with Gasteiger partial charge in [-0.3, -0.25) is 4.90 Å². The lowest BCUT2D eigenvalue weighted by atomic mass is 10.1. The van der Waals surface area contributed by atoms with Crippen LogP contribution in [0.4, 0.5) is 5.95 Å². The van der Waals surface area contributed by atoms with Gasteiger partial charge in [-0.15, -0.1) is 0 Å². The van der Waals surface area contributed by atoms with Gasteiger partial charge in [0, 0.05) is 54.9 Å². The summed E-state index contributed by atoms with van der Waals surface area (Å²) in [5.74, 6) is 0.765. The second kappa shape index (κ2) is 9.15. The Morgan fingerprint density at radius 2 is 1.97 bits per heavy atom. The number of hydrogen-bond acceptors (Lipinski definition) is 5. The van der Waals surface area contributed by atoms with Crippen molar-refractivity contribution in [3.63, 3.8) is 0 Å². The molecule has 2 aromatic carbocycles. The highest BCUT2D eigenvalue weighted by Crippen LogP contribution is 2.24. The van der Waals surface area contributed by atoms with Crippen molar-refractivity contribution >= 4 is 39.4 Å². The molecule has 0 aliphatic carbocycles. The number of hydrogen-bond donors (Lipinski definition) is 1. The van der Waals surface area contributed by atoms with Crippen LogP contribution in [-0.2, 0) is 6.42 Å². The third kappa shape index (κ3) is 4.27. The van der Waals surface area contributed by atoms with E-state index in [1.54, 1.807) is 0 Å². The number of benzene rings is 2. The predicted molar refractivity (Wildman–Crippen MR) is 129 cm³/mol. The second-order valence-corrected chi connectivity index (χ2v) is 8.73. The van der Waals surface area contributed by atoms with Crippen LogP contribution < -0.4 is 4.90 Å². The molecule has 7 heteroatoms. The molecule has 2 aromatic heterocycles. The number of rotatable bonds is 6. The SMILES string of the molecule is N#Cc1ccc2[nH]cc(CCCCN3CCN(c4ncc5cccc(Cl)c5n4)CC3)c2c1. The van der Waals surface area contributed by atoms with Crippen molar-refractivity contribution in [2.75, 3.05) is 37.6 Å². The van der Waals surface area contributed by atoms with E-state index in [2.05, 4.69) is 32.0 Å². The first-order valence-corrected chi connectivity index (χ1v) is 11.5. The largest absolute Gasteiger partial charge is 0.361 e. The summed E-state index contributed by atoms with van der Waals surface area (Å²) < 4.78 is 0. The monoisotopic (exact) mass is 444 g/mol. The van der Waals surface area contributed by atoms with Crippen LogP contribution in [0.5, 0.6) is 0 Å². The summed E-state index contributed by atoms with van der Waals surface area (Å²) >= 11 is 6.31. The molecule has 1 aliphatic heterocycles. The Labute approximate surface area is 192 Å². The maximum atomic E-state index is 9.15. The fraction of sp³-hybridized carbons (Fsp3) is 0.320. The topological polar surface area (TPSA) is 71.8 Å². The molecule has 0 bridgehead atoms. The number of piperazine rings is 1. The van der Waals surface area contributed by atoms with Crippen LogP contribution in [0.3, 0.4) is 0 Å². The molecule has 0 unspecified atom stereocenters. The van der Waals surface area contributed by atoms with Crippen LogP contribution in [-0.4, -0.2) is 52.6 Å². The molecule has 5 rings (SSSR count). The minimum Gasteiger partial charge on any atom is -0.361 e. The summed E-state index contributed by atoms with van der Waals surface area (Å²) in [6.07, 6.45) is 7.27. The molecule has 0 radical (unpaired) electrons. The Morgan fingerprint density at radius 3 is 2.81 bits per heavy atom. The first-order valence-electron chi connectivity index (χ1n) is 11.1. The fourth-order valence-corrected chi connectivity index (χ4v) is 4.66. The molecule has 0 spiro atoms. The van der Waals surface area contributed by atoms with E-state index >= 15 is 0 Å². The van der Waals surface area contributed by atoms with Gasteiger partial charge in [0.25, 0.3) is 0 Å². The number of anilines is 1. The highest BCUT2D eigenvalue weighted by molar-refractivity contribution is 6.35. The summed E-state index contributed by atoms with van der Waals surface area (Å²) in [6.45, 7) is 4.99. The third-order valence-electron chi connectivity index (χ3n) is 6.27. The van der Waals surface area contributed by atoms with E-state index in [1.165, 1.54) is 10.9 Å². The maximum Gasteiger partial charge on any atom is 0.226 e. The summed E-state index contributed by atoms with van der Waals surface area (Å²) in [4.78, 5) is 17.3. The van der Waals surface area contributed by atoms with Crippen molar-refractivity contribution in [3.05, 3.63) is 64.9 Å². The van der Waals surface area contributed by atoms with Gasteiger partial charge in [-0.1, -0.05) is 23.7 Å². The molecule has 32 heavy (non-hydrogen) atoms. The number of fused-ring (bicyclic) bond motifs is 2. The van der Waals surface area contributed by atoms with Crippen LogP contribution in [0, 0.1) is 11.3 Å². The number of nitriles is 1. The minimum atomic E-state index is 0.670. The van der Waals surface area contributed by atoms with Gasteiger partial charge in [0.1, 0.15) is 0 Å². The molecule has 162 valence electrons. The Balaban J connectivity index is 1.11. The Kier molecular flexibility index (Phi) is 5.93. The zero-order valence-electron chi connectivity index (χ0n) is 17.9. The number of aromatic nitrogens is 3. The third-order valence-corrected chi connectivity index (χ3v) is 6.58. The quantitative estimate of drug-likeness (QED) is 0.433. The van der Waals surface area contributed by atoms with Crippen LogP contribution in [0.1, 0.15) is 24.0 Å². The standard InChI is InChI=1S/C25H25ClN6/c26-22-6-3-5-20-17-29-25(30-24(20)22)32-12-10-31(11-13-32)9-2-1-4-19-16-28-23-8-7-18(15-27)14-21(19)23/h3,5-8,14,16-17,28H,1-2,4,9-13H2. The van der Waals surface area contributed by atoms with Gasteiger partial charge in [-0.2, -0.15) is 5.26 Å². The second-order valence-electron chi connectivity index (χ2n) is 8.32. The molecule has 6 nitrogen and oxygen atoms in total. The van der Waals surface area contributed by atoms with Crippen molar-refractivity contribution < 1.29 is 0 Å². The number of halogens is 1. The van der Waals surface area contributed by atoms with E-state index in [1.807, 2.05) is 42.6 Å². The molecule has 1 fully saturated rings. The van der Waals surface area contributed by atoms with E-state index < -0.39 is 0 Å². The number of unbranched alkanes of at least 4 members (excludes halogenated alkanes) is 1. The number of aromatic amines is 1. The van der Waals surface area contributed by atoms with E-state index in [0.29, 0.717) is 10.6 Å². The zero-order valence-corrected chi connectivity index (χ0v) is 18.6. The number of nitrogens with zero attached hydrogens (tertiary/aromatic N) is 5. The highest BCUT2D eigenvalue weighted by Gasteiger charge is 2.19. The summed E-state index contributed by atoms with van der Waals surface area (Å²) in [7, 11) is 0. The van der Waals surface area contributed by atoms with Gasteiger partial charge in [0.15, 0.2) is 0 Å². The van der Waals surface area contributed by atoms with E-state index in [-0.39, 0.29) is 0 Å². The lowest BCUT2D eigenvalue weighted by Gasteiger charge is -2.34. The Hall–Kier alpha value is -3.14. The highest BCUT2D eigenvalue weighted by atomic mass is 35.5. The molecular weight excluding hydrogens is 420 g/mol. The number of para-hydroxylation sites is 1. The molecule has 0 atom stereocenters. The van der Waals surface area contributed by atoms with Crippen molar-refractivity contribution in [1.82, 2.24) is 19.9 Å². The number of aryl methyl sites for hydroxylation is 1. The molecule has 1 saturated heterocycles. The lowest BCUT2D eigenvalue weighted by Crippen LogP contribution is -2.47. The van der Waals surface area contributed by atoms with Gasteiger partial charge in [-0.05, 0) is 55.6 Å². The summed E-state index contributed by atoms with van der Waals surface area (Å²) in [5.41, 5.74) is 3.94. The zero-order chi connectivity index (χ0) is 21.9. The van der Waals surface area contributed by atoms with Crippen molar-refractivity contribution in [2.24, 2.45) is 0 Å². The fourth-order valence-electron chi connectivity index (χ4n) is 4.44. The van der Waals surface area contributed by atoms with Gasteiger partial charge in [0.05, 0.1) is 22.2 Å². The van der Waals surface area contributed by atoms with Crippen molar-refractivity contribution in [3.8, 4) is 6.07 Å². The van der Waals surface area contributed by atoms with Crippen LogP contribution in [0.25, 0.3) is 21.8 Å².